The molecular formula is C18H25N5O. The van der Waals surface area contributed by atoms with Crippen LogP contribution in [0.25, 0.3) is 0 Å². The molecular weight excluding hydrogens is 302 g/mol. The van der Waals surface area contributed by atoms with E-state index in [2.05, 4.69) is 27.5 Å². The summed E-state index contributed by atoms with van der Waals surface area (Å²) in [6, 6.07) is 6.11. The maximum atomic E-state index is 12.5. The topological polar surface area (TPSA) is 63.1 Å². The molecule has 128 valence electrons. The smallest absolute Gasteiger partial charge is 0.224 e. The van der Waals surface area contributed by atoms with Crippen LogP contribution < -0.4 is 5.32 Å². The standard InChI is InChI=1S/C18H25N5O/c1-14-6-10-23(21-14)11-7-18(24)22-9-3-4-16(13-22)15-5-8-20-17(12-15)19-2/h5-6,8,10,12,16H,3-4,7,9,11,13H2,1-2H3,(H,19,20). The summed E-state index contributed by atoms with van der Waals surface area (Å²) in [4.78, 5) is 18.8. The number of piperidine rings is 1. The maximum Gasteiger partial charge on any atom is 0.224 e. The predicted octanol–water partition coefficient (Wildman–Crippen LogP) is 2.42. The molecule has 1 fully saturated rings. The summed E-state index contributed by atoms with van der Waals surface area (Å²) in [5, 5.41) is 7.42. The number of anilines is 1. The summed E-state index contributed by atoms with van der Waals surface area (Å²) in [6.45, 7) is 4.26. The highest BCUT2D eigenvalue weighted by atomic mass is 16.2. The normalized spacial score (nSPS) is 17.8. The summed E-state index contributed by atoms with van der Waals surface area (Å²) in [6.07, 6.45) is 6.44. The highest BCUT2D eigenvalue weighted by molar-refractivity contribution is 5.76. The molecule has 24 heavy (non-hydrogen) atoms. The molecule has 0 radical (unpaired) electrons. The Bertz CT molecular complexity index is 696. The van der Waals surface area contributed by atoms with E-state index in [0.717, 1.165) is 37.4 Å². The number of carbonyl (C=O) groups excluding carboxylic acids is 1. The van der Waals surface area contributed by atoms with E-state index in [-0.39, 0.29) is 5.91 Å². The second kappa shape index (κ2) is 7.47. The molecule has 0 spiro atoms. The number of likely N-dealkylation sites (tertiary alicyclic amines) is 1. The molecule has 1 aliphatic rings. The minimum Gasteiger partial charge on any atom is -0.373 e. The number of carbonyl (C=O) groups is 1. The van der Waals surface area contributed by atoms with Gasteiger partial charge >= 0.3 is 0 Å². The van der Waals surface area contributed by atoms with Gasteiger partial charge in [0.25, 0.3) is 0 Å². The average Bonchev–Trinajstić information content (AvgIpc) is 3.05. The van der Waals surface area contributed by atoms with Crippen LogP contribution in [0.2, 0.25) is 0 Å². The Morgan fingerprint density at radius 3 is 3.04 bits per heavy atom. The number of aromatic nitrogens is 3. The average molecular weight is 327 g/mol. The Kier molecular flexibility index (Phi) is 5.13. The van der Waals surface area contributed by atoms with Crippen LogP contribution in [-0.4, -0.2) is 45.7 Å². The van der Waals surface area contributed by atoms with Gasteiger partial charge in [0.1, 0.15) is 5.82 Å². The van der Waals surface area contributed by atoms with Crippen molar-refractivity contribution in [1.82, 2.24) is 19.7 Å². The number of hydrogen-bond acceptors (Lipinski definition) is 4. The monoisotopic (exact) mass is 327 g/mol. The van der Waals surface area contributed by atoms with Gasteiger partial charge in [-0.25, -0.2) is 4.98 Å². The van der Waals surface area contributed by atoms with E-state index in [1.807, 2.05) is 42.0 Å². The van der Waals surface area contributed by atoms with E-state index in [9.17, 15) is 4.79 Å². The number of pyridine rings is 1. The Labute approximate surface area is 142 Å². The third-order valence-electron chi connectivity index (χ3n) is 4.61. The van der Waals surface area contributed by atoms with Crippen LogP contribution in [0.3, 0.4) is 0 Å². The van der Waals surface area contributed by atoms with Crippen molar-refractivity contribution in [3.05, 3.63) is 41.9 Å². The van der Waals surface area contributed by atoms with Crippen molar-refractivity contribution >= 4 is 11.7 Å². The molecule has 2 aromatic heterocycles. The third kappa shape index (κ3) is 3.93. The lowest BCUT2D eigenvalue weighted by Crippen LogP contribution is -2.39. The molecule has 0 aromatic carbocycles. The van der Waals surface area contributed by atoms with Crippen molar-refractivity contribution < 1.29 is 4.79 Å². The zero-order valence-electron chi connectivity index (χ0n) is 14.4. The van der Waals surface area contributed by atoms with Crippen molar-refractivity contribution in [3.63, 3.8) is 0 Å². The number of rotatable bonds is 5. The van der Waals surface area contributed by atoms with Crippen molar-refractivity contribution in [2.24, 2.45) is 0 Å². The lowest BCUT2D eigenvalue weighted by Gasteiger charge is -2.33. The molecule has 6 nitrogen and oxygen atoms in total. The van der Waals surface area contributed by atoms with E-state index >= 15 is 0 Å². The molecule has 3 heterocycles. The summed E-state index contributed by atoms with van der Waals surface area (Å²) in [5.41, 5.74) is 2.24. The first-order valence-corrected chi connectivity index (χ1v) is 8.57. The molecule has 0 aliphatic carbocycles. The van der Waals surface area contributed by atoms with E-state index < -0.39 is 0 Å². The lowest BCUT2D eigenvalue weighted by molar-refractivity contribution is -0.132. The number of aryl methyl sites for hydroxylation is 2. The maximum absolute atomic E-state index is 12.5. The summed E-state index contributed by atoms with van der Waals surface area (Å²) in [7, 11) is 1.87. The van der Waals surface area contributed by atoms with E-state index in [1.165, 1.54) is 5.56 Å². The van der Waals surface area contributed by atoms with E-state index in [0.29, 0.717) is 18.9 Å². The molecule has 1 saturated heterocycles. The predicted molar refractivity (Wildman–Crippen MR) is 93.9 cm³/mol. The molecule has 1 amide bonds. The second-order valence-electron chi connectivity index (χ2n) is 6.37. The van der Waals surface area contributed by atoms with Crippen LogP contribution in [-0.2, 0) is 11.3 Å². The Morgan fingerprint density at radius 1 is 1.42 bits per heavy atom. The molecule has 0 bridgehead atoms. The largest absolute Gasteiger partial charge is 0.373 e. The molecule has 1 unspecified atom stereocenters. The van der Waals surface area contributed by atoms with Crippen molar-refractivity contribution in [1.29, 1.82) is 0 Å². The molecule has 0 saturated carbocycles. The second-order valence-corrected chi connectivity index (χ2v) is 6.37. The molecule has 1 aliphatic heterocycles. The van der Waals surface area contributed by atoms with Gasteiger partial charge in [0, 0.05) is 51.4 Å². The van der Waals surface area contributed by atoms with Crippen molar-refractivity contribution in [3.8, 4) is 0 Å². The molecule has 3 rings (SSSR count). The summed E-state index contributed by atoms with van der Waals surface area (Å²) < 4.78 is 1.84. The fourth-order valence-corrected chi connectivity index (χ4v) is 3.27. The van der Waals surface area contributed by atoms with Gasteiger partial charge in [-0.2, -0.15) is 5.10 Å². The number of nitrogens with zero attached hydrogens (tertiary/aromatic N) is 4. The SMILES string of the molecule is CNc1cc(C2CCCN(C(=O)CCn3ccc(C)n3)C2)ccn1. The van der Waals surface area contributed by atoms with Gasteiger partial charge in [-0.3, -0.25) is 9.48 Å². The van der Waals surface area contributed by atoms with Crippen LogP contribution in [0.1, 0.15) is 36.4 Å². The minimum absolute atomic E-state index is 0.218. The highest BCUT2D eigenvalue weighted by Gasteiger charge is 2.24. The first-order valence-electron chi connectivity index (χ1n) is 8.57. The van der Waals surface area contributed by atoms with Gasteiger partial charge in [0.15, 0.2) is 0 Å². The zero-order chi connectivity index (χ0) is 16.9. The highest BCUT2D eigenvalue weighted by Crippen LogP contribution is 2.28. The zero-order valence-corrected chi connectivity index (χ0v) is 14.4. The van der Waals surface area contributed by atoms with Gasteiger partial charge in [0.2, 0.25) is 5.91 Å². The Morgan fingerprint density at radius 2 is 2.29 bits per heavy atom. The van der Waals surface area contributed by atoms with E-state index in [4.69, 9.17) is 0 Å². The summed E-state index contributed by atoms with van der Waals surface area (Å²) in [5.74, 6) is 1.49. The van der Waals surface area contributed by atoms with Crippen molar-refractivity contribution in [2.75, 3.05) is 25.5 Å². The van der Waals surface area contributed by atoms with Gasteiger partial charge in [-0.15, -0.1) is 0 Å². The quantitative estimate of drug-likeness (QED) is 0.916. The van der Waals surface area contributed by atoms with Crippen LogP contribution in [0, 0.1) is 6.92 Å². The molecule has 6 heteroatoms. The van der Waals surface area contributed by atoms with Crippen LogP contribution in [0.15, 0.2) is 30.6 Å². The number of hydrogen-bond donors (Lipinski definition) is 1. The first-order chi connectivity index (χ1) is 11.7. The van der Waals surface area contributed by atoms with Crippen LogP contribution in [0.5, 0.6) is 0 Å². The summed E-state index contributed by atoms with van der Waals surface area (Å²) >= 11 is 0. The van der Waals surface area contributed by atoms with E-state index in [1.54, 1.807) is 0 Å². The van der Waals surface area contributed by atoms with Gasteiger partial charge in [0.05, 0.1) is 5.69 Å². The lowest BCUT2D eigenvalue weighted by atomic mass is 9.91. The van der Waals surface area contributed by atoms with Gasteiger partial charge in [-0.05, 0) is 43.5 Å². The van der Waals surface area contributed by atoms with Crippen LogP contribution in [0.4, 0.5) is 5.82 Å². The molecule has 2 aromatic rings. The fourth-order valence-electron chi connectivity index (χ4n) is 3.27. The van der Waals surface area contributed by atoms with Gasteiger partial charge in [-0.1, -0.05) is 0 Å². The Hall–Kier alpha value is -2.37. The minimum atomic E-state index is 0.218. The third-order valence-corrected chi connectivity index (χ3v) is 4.61. The Balaban J connectivity index is 1.59. The van der Waals surface area contributed by atoms with Crippen LogP contribution >= 0.6 is 0 Å². The molecule has 1 atom stereocenters. The molecule has 1 N–H and O–H groups in total. The van der Waals surface area contributed by atoms with Crippen molar-refractivity contribution in [2.45, 2.75) is 38.6 Å². The fraction of sp³-hybridized carbons (Fsp3) is 0.500. The number of nitrogens with one attached hydrogen (secondary N) is 1. The first kappa shape index (κ1) is 16.5. The number of amides is 1. The van der Waals surface area contributed by atoms with Gasteiger partial charge < -0.3 is 10.2 Å².